The molecule has 106 valence electrons. The molecule has 0 fully saturated rings. The Balaban J connectivity index is 2.09. The summed E-state index contributed by atoms with van der Waals surface area (Å²) < 4.78 is 25.1. The Morgan fingerprint density at radius 1 is 1.20 bits per heavy atom. The number of hydrogen-bond donors (Lipinski definition) is 0. The summed E-state index contributed by atoms with van der Waals surface area (Å²) >= 11 is 9.16. The summed E-state index contributed by atoms with van der Waals surface area (Å²) in [4.78, 5) is 0. The van der Waals surface area contributed by atoms with Crippen LogP contribution in [0.25, 0.3) is 0 Å². The highest BCUT2D eigenvalue weighted by Crippen LogP contribution is 2.28. The molecule has 0 aliphatic carbocycles. The maximum Gasteiger partial charge on any atom is 0.134 e. The fourth-order valence-electron chi connectivity index (χ4n) is 1.67. The van der Waals surface area contributed by atoms with Crippen LogP contribution in [0.1, 0.15) is 11.1 Å². The third-order valence-electron chi connectivity index (χ3n) is 2.79. The Kier molecular flexibility index (Phi) is 5.26. The lowest BCUT2D eigenvalue weighted by atomic mass is 10.2. The lowest BCUT2D eigenvalue weighted by Gasteiger charge is -2.10. The lowest BCUT2D eigenvalue weighted by Crippen LogP contribution is -1.99. The maximum atomic E-state index is 13.8. The van der Waals surface area contributed by atoms with Gasteiger partial charge in [0.1, 0.15) is 23.9 Å². The summed E-state index contributed by atoms with van der Waals surface area (Å²) in [5.41, 5.74) is 1.46. The molecule has 0 radical (unpaired) electrons. The average Bonchev–Trinajstić information content (AvgIpc) is 2.46. The Morgan fingerprint density at radius 2 is 2.00 bits per heavy atom. The minimum absolute atomic E-state index is 0.147. The molecule has 0 bridgehead atoms. The quantitative estimate of drug-likeness (QED) is 0.706. The lowest BCUT2D eigenvalue weighted by molar-refractivity contribution is 0.297. The van der Waals surface area contributed by atoms with Gasteiger partial charge in [-0.2, -0.15) is 0 Å². The fourth-order valence-corrected chi connectivity index (χ4v) is 2.38. The van der Waals surface area contributed by atoms with E-state index in [-0.39, 0.29) is 12.4 Å². The Morgan fingerprint density at radius 3 is 2.60 bits per heavy atom. The minimum atomic E-state index is -0.349. The van der Waals surface area contributed by atoms with Crippen LogP contribution in [0, 0.1) is 5.82 Å². The van der Waals surface area contributed by atoms with Gasteiger partial charge in [-0.1, -0.05) is 6.07 Å². The SMILES string of the molecule is COc1ccc(COc2ccc(CCl)cc2Br)c(F)c1. The highest BCUT2D eigenvalue weighted by molar-refractivity contribution is 9.10. The number of benzene rings is 2. The third-order valence-corrected chi connectivity index (χ3v) is 3.72. The molecule has 0 saturated carbocycles. The van der Waals surface area contributed by atoms with E-state index in [1.54, 1.807) is 12.1 Å². The van der Waals surface area contributed by atoms with Gasteiger partial charge in [-0.25, -0.2) is 4.39 Å². The van der Waals surface area contributed by atoms with E-state index in [0.717, 1.165) is 10.0 Å². The van der Waals surface area contributed by atoms with Crippen molar-refractivity contribution >= 4 is 27.5 Å². The molecule has 0 aromatic heterocycles. The number of ether oxygens (including phenoxy) is 2. The Labute approximate surface area is 130 Å². The highest BCUT2D eigenvalue weighted by Gasteiger charge is 2.07. The summed E-state index contributed by atoms with van der Waals surface area (Å²) in [7, 11) is 1.50. The molecular weight excluding hydrogens is 347 g/mol. The maximum absolute atomic E-state index is 13.8. The number of alkyl halides is 1. The van der Waals surface area contributed by atoms with E-state index < -0.39 is 0 Å². The van der Waals surface area contributed by atoms with Gasteiger partial charge in [-0.15, -0.1) is 11.6 Å². The van der Waals surface area contributed by atoms with Crippen LogP contribution in [0.4, 0.5) is 4.39 Å². The first-order valence-electron chi connectivity index (χ1n) is 5.93. The summed E-state index contributed by atoms with van der Waals surface area (Å²) in [5, 5.41) is 0. The van der Waals surface area contributed by atoms with Crippen LogP contribution in [0.3, 0.4) is 0 Å². The summed E-state index contributed by atoms with van der Waals surface area (Å²) in [5.74, 6) is 1.22. The molecule has 0 unspecified atom stereocenters. The van der Waals surface area contributed by atoms with E-state index in [0.29, 0.717) is 22.9 Å². The number of methoxy groups -OCH3 is 1. The topological polar surface area (TPSA) is 18.5 Å². The molecule has 0 heterocycles. The fraction of sp³-hybridized carbons (Fsp3) is 0.200. The van der Waals surface area contributed by atoms with Crippen molar-refractivity contribution in [3.63, 3.8) is 0 Å². The largest absolute Gasteiger partial charge is 0.497 e. The molecule has 0 atom stereocenters. The molecule has 2 rings (SSSR count). The van der Waals surface area contributed by atoms with Crippen LogP contribution >= 0.6 is 27.5 Å². The normalized spacial score (nSPS) is 10.4. The monoisotopic (exact) mass is 358 g/mol. The second-order valence-corrected chi connectivity index (χ2v) is 5.27. The second-order valence-electron chi connectivity index (χ2n) is 4.14. The van der Waals surface area contributed by atoms with Gasteiger partial charge >= 0.3 is 0 Å². The Hall–Kier alpha value is -1.26. The number of hydrogen-bond acceptors (Lipinski definition) is 2. The number of rotatable bonds is 5. The molecule has 0 N–H and O–H groups in total. The van der Waals surface area contributed by atoms with Gasteiger partial charge in [0.05, 0.1) is 11.6 Å². The van der Waals surface area contributed by atoms with Crippen molar-refractivity contribution < 1.29 is 13.9 Å². The molecule has 2 nitrogen and oxygen atoms in total. The average molecular weight is 360 g/mol. The van der Waals surface area contributed by atoms with E-state index in [9.17, 15) is 4.39 Å². The van der Waals surface area contributed by atoms with Gasteiger partial charge in [-0.3, -0.25) is 0 Å². The first-order chi connectivity index (χ1) is 9.63. The van der Waals surface area contributed by atoms with Crippen molar-refractivity contribution in [2.24, 2.45) is 0 Å². The van der Waals surface area contributed by atoms with Crippen molar-refractivity contribution in [3.8, 4) is 11.5 Å². The molecule has 2 aromatic carbocycles. The van der Waals surface area contributed by atoms with Crippen LogP contribution < -0.4 is 9.47 Å². The molecule has 20 heavy (non-hydrogen) atoms. The molecule has 0 aliphatic rings. The molecule has 0 saturated heterocycles. The van der Waals surface area contributed by atoms with Crippen molar-refractivity contribution in [1.29, 1.82) is 0 Å². The van der Waals surface area contributed by atoms with Crippen molar-refractivity contribution in [2.75, 3.05) is 7.11 Å². The zero-order valence-corrected chi connectivity index (χ0v) is 13.2. The van der Waals surface area contributed by atoms with Gasteiger partial charge in [0, 0.05) is 17.5 Å². The van der Waals surface area contributed by atoms with Crippen LogP contribution in [-0.2, 0) is 12.5 Å². The van der Waals surface area contributed by atoms with Gasteiger partial charge < -0.3 is 9.47 Å². The van der Waals surface area contributed by atoms with Crippen LogP contribution in [0.2, 0.25) is 0 Å². The Bertz CT molecular complexity index is 551. The van der Waals surface area contributed by atoms with E-state index >= 15 is 0 Å². The van der Waals surface area contributed by atoms with Crippen molar-refractivity contribution in [1.82, 2.24) is 0 Å². The van der Waals surface area contributed by atoms with Gasteiger partial charge in [0.25, 0.3) is 0 Å². The summed E-state index contributed by atoms with van der Waals surface area (Å²) in [6.45, 7) is 0.147. The molecule has 0 spiro atoms. The smallest absolute Gasteiger partial charge is 0.134 e. The second kappa shape index (κ2) is 6.95. The molecule has 5 heteroatoms. The zero-order chi connectivity index (χ0) is 14.5. The molecule has 2 aromatic rings. The molecular formula is C15H13BrClFO2. The minimum Gasteiger partial charge on any atom is -0.497 e. The van der Waals surface area contributed by atoms with Crippen LogP contribution in [0.15, 0.2) is 40.9 Å². The summed E-state index contributed by atoms with van der Waals surface area (Å²) in [6, 6.07) is 10.3. The number of halogens is 3. The highest BCUT2D eigenvalue weighted by atomic mass is 79.9. The molecule has 0 aliphatic heterocycles. The predicted octanol–water partition coefficient (Wildman–Crippen LogP) is 4.91. The summed E-state index contributed by atoms with van der Waals surface area (Å²) in [6.07, 6.45) is 0. The van der Waals surface area contributed by atoms with E-state index in [4.69, 9.17) is 21.1 Å². The van der Waals surface area contributed by atoms with Gasteiger partial charge in [0.15, 0.2) is 0 Å². The van der Waals surface area contributed by atoms with E-state index in [1.807, 2.05) is 18.2 Å². The standard InChI is InChI=1S/C15H13BrClFO2/c1-19-12-4-3-11(14(18)7-12)9-20-15-5-2-10(8-17)6-13(15)16/h2-7H,8-9H2,1H3. The van der Waals surface area contributed by atoms with Crippen molar-refractivity contribution in [2.45, 2.75) is 12.5 Å². The first-order valence-corrected chi connectivity index (χ1v) is 7.26. The predicted molar refractivity (Wildman–Crippen MR) is 81.0 cm³/mol. The zero-order valence-electron chi connectivity index (χ0n) is 10.8. The van der Waals surface area contributed by atoms with Crippen LogP contribution in [0.5, 0.6) is 11.5 Å². The van der Waals surface area contributed by atoms with Crippen molar-refractivity contribution in [3.05, 3.63) is 57.8 Å². The van der Waals surface area contributed by atoms with Crippen LogP contribution in [-0.4, -0.2) is 7.11 Å². The first kappa shape index (κ1) is 15.1. The molecule has 0 amide bonds. The van der Waals surface area contributed by atoms with Gasteiger partial charge in [0.2, 0.25) is 0 Å². The van der Waals surface area contributed by atoms with Gasteiger partial charge in [-0.05, 0) is 45.8 Å². The van der Waals surface area contributed by atoms with E-state index in [1.165, 1.54) is 13.2 Å². The van der Waals surface area contributed by atoms with E-state index in [2.05, 4.69) is 15.9 Å². The third kappa shape index (κ3) is 3.64.